The third-order valence-electron chi connectivity index (χ3n) is 2.91. The van der Waals surface area contributed by atoms with Crippen molar-refractivity contribution < 1.29 is 13.5 Å². The zero-order chi connectivity index (χ0) is 14.3. The van der Waals surface area contributed by atoms with E-state index in [1.54, 1.807) is 6.92 Å². The van der Waals surface area contributed by atoms with Crippen molar-refractivity contribution >= 4 is 0 Å². The van der Waals surface area contributed by atoms with E-state index >= 15 is 0 Å². The lowest BCUT2D eigenvalue weighted by Gasteiger charge is -2.16. The molecule has 1 N–H and O–H groups in total. The van der Waals surface area contributed by atoms with Gasteiger partial charge in [-0.1, -0.05) is 6.07 Å². The molecular formula is C15H23F2NO. The highest BCUT2D eigenvalue weighted by Gasteiger charge is 2.14. The van der Waals surface area contributed by atoms with Crippen LogP contribution in [-0.4, -0.2) is 19.3 Å². The molecule has 1 unspecified atom stereocenters. The quantitative estimate of drug-likeness (QED) is 0.726. The fourth-order valence-electron chi connectivity index (χ4n) is 1.89. The van der Waals surface area contributed by atoms with Crippen LogP contribution >= 0.6 is 0 Å². The third kappa shape index (κ3) is 5.66. The molecule has 0 aliphatic carbocycles. The van der Waals surface area contributed by atoms with Gasteiger partial charge in [0, 0.05) is 18.2 Å². The lowest BCUT2D eigenvalue weighted by Crippen LogP contribution is -2.22. The molecule has 2 nitrogen and oxygen atoms in total. The van der Waals surface area contributed by atoms with E-state index < -0.39 is 11.6 Å². The number of ether oxygens (including phenoxy) is 1. The second-order valence-electron chi connectivity index (χ2n) is 4.94. The van der Waals surface area contributed by atoms with Crippen LogP contribution in [0.5, 0.6) is 0 Å². The first kappa shape index (κ1) is 16.1. The van der Waals surface area contributed by atoms with Crippen molar-refractivity contribution in [1.29, 1.82) is 0 Å². The molecule has 0 radical (unpaired) electrons. The van der Waals surface area contributed by atoms with Crippen molar-refractivity contribution in [2.24, 2.45) is 0 Å². The van der Waals surface area contributed by atoms with Crippen molar-refractivity contribution in [2.45, 2.75) is 45.8 Å². The minimum atomic E-state index is -0.497. The number of benzene rings is 1. The van der Waals surface area contributed by atoms with E-state index in [4.69, 9.17) is 4.74 Å². The highest BCUT2D eigenvalue weighted by atomic mass is 19.1. The summed E-state index contributed by atoms with van der Waals surface area (Å²) in [5.74, 6) is -0.994. The Labute approximate surface area is 114 Å². The summed E-state index contributed by atoms with van der Waals surface area (Å²) >= 11 is 0. The average Bonchev–Trinajstić information content (AvgIpc) is 2.33. The normalized spacial score (nSPS) is 12.9. The van der Waals surface area contributed by atoms with Crippen LogP contribution in [0.15, 0.2) is 18.2 Å². The van der Waals surface area contributed by atoms with Crippen molar-refractivity contribution in [2.75, 3.05) is 13.2 Å². The summed E-state index contributed by atoms with van der Waals surface area (Å²) in [6.07, 6.45) is 2.12. The molecule has 1 rings (SSSR count). The van der Waals surface area contributed by atoms with Crippen molar-refractivity contribution in [1.82, 2.24) is 5.32 Å². The highest BCUT2D eigenvalue weighted by molar-refractivity contribution is 5.22. The highest BCUT2D eigenvalue weighted by Crippen LogP contribution is 2.20. The molecule has 108 valence electrons. The van der Waals surface area contributed by atoms with Gasteiger partial charge in [-0.2, -0.15) is 0 Å². The van der Waals surface area contributed by atoms with E-state index in [2.05, 4.69) is 5.32 Å². The Morgan fingerprint density at radius 3 is 2.32 bits per heavy atom. The first-order chi connectivity index (χ1) is 9.02. The molecule has 0 aliphatic heterocycles. The molecule has 1 aromatic rings. The maximum Gasteiger partial charge on any atom is 0.130 e. The summed E-state index contributed by atoms with van der Waals surface area (Å²) < 4.78 is 32.5. The molecule has 4 heteroatoms. The van der Waals surface area contributed by atoms with E-state index in [1.807, 2.05) is 13.8 Å². The van der Waals surface area contributed by atoms with Crippen LogP contribution < -0.4 is 5.32 Å². The van der Waals surface area contributed by atoms with Gasteiger partial charge in [0.2, 0.25) is 0 Å². The van der Waals surface area contributed by atoms with Crippen LogP contribution in [0.2, 0.25) is 0 Å². The van der Waals surface area contributed by atoms with Crippen molar-refractivity contribution in [3.05, 3.63) is 35.4 Å². The Balaban J connectivity index is 2.30. The number of hydrogen-bond acceptors (Lipinski definition) is 2. The Bertz CT molecular complexity index is 362. The first-order valence-electron chi connectivity index (χ1n) is 6.81. The van der Waals surface area contributed by atoms with Crippen LogP contribution in [0.3, 0.4) is 0 Å². The van der Waals surface area contributed by atoms with Gasteiger partial charge in [-0.3, -0.25) is 0 Å². The number of hydrogen-bond donors (Lipinski definition) is 1. The first-order valence-corrected chi connectivity index (χ1v) is 6.81. The zero-order valence-electron chi connectivity index (χ0n) is 11.9. The Morgan fingerprint density at radius 1 is 1.11 bits per heavy atom. The molecule has 1 atom stereocenters. The zero-order valence-corrected chi connectivity index (χ0v) is 11.9. The van der Waals surface area contributed by atoms with Gasteiger partial charge in [0.1, 0.15) is 11.6 Å². The monoisotopic (exact) mass is 271 g/mol. The van der Waals surface area contributed by atoms with Crippen LogP contribution in [-0.2, 0) is 4.74 Å². The van der Waals surface area contributed by atoms with Crippen LogP contribution in [0, 0.1) is 11.6 Å². The van der Waals surface area contributed by atoms with E-state index in [0.29, 0.717) is 0 Å². The molecule has 0 bridgehead atoms. The van der Waals surface area contributed by atoms with Crippen LogP contribution in [0.25, 0.3) is 0 Å². The molecular weight excluding hydrogens is 248 g/mol. The standard InChI is InChI=1S/C15H23F2NO/c1-11(2)19-10-5-4-9-18-12(3)15-13(16)7-6-8-14(15)17/h6-8,11-12,18H,4-5,9-10H2,1-3H3. The number of nitrogens with one attached hydrogen (secondary N) is 1. The van der Waals surface area contributed by atoms with Crippen molar-refractivity contribution in [3.63, 3.8) is 0 Å². The largest absolute Gasteiger partial charge is 0.379 e. The van der Waals surface area contributed by atoms with Gasteiger partial charge >= 0.3 is 0 Å². The predicted octanol–water partition coefficient (Wildman–Crippen LogP) is 3.82. The molecule has 0 aliphatic rings. The minimum Gasteiger partial charge on any atom is -0.379 e. The van der Waals surface area contributed by atoms with Gasteiger partial charge in [0.15, 0.2) is 0 Å². The second-order valence-corrected chi connectivity index (χ2v) is 4.94. The SMILES string of the molecule is CC(C)OCCCCNC(C)c1c(F)cccc1F. The van der Waals surface area contributed by atoms with Gasteiger partial charge in [0.05, 0.1) is 6.10 Å². The van der Waals surface area contributed by atoms with Gasteiger partial charge in [0.25, 0.3) is 0 Å². The molecule has 0 saturated heterocycles. The van der Waals surface area contributed by atoms with Gasteiger partial charge in [-0.15, -0.1) is 0 Å². The fraction of sp³-hybridized carbons (Fsp3) is 0.600. The molecule has 0 fully saturated rings. The molecule has 0 spiro atoms. The molecule has 0 aromatic heterocycles. The lowest BCUT2D eigenvalue weighted by atomic mass is 10.1. The van der Waals surface area contributed by atoms with Crippen LogP contribution in [0.4, 0.5) is 8.78 Å². The maximum atomic E-state index is 13.5. The van der Waals surface area contributed by atoms with Crippen LogP contribution in [0.1, 0.15) is 45.2 Å². The summed E-state index contributed by atoms with van der Waals surface area (Å²) in [5, 5.41) is 3.13. The molecule has 19 heavy (non-hydrogen) atoms. The predicted molar refractivity (Wildman–Crippen MR) is 73.1 cm³/mol. The average molecular weight is 271 g/mol. The Morgan fingerprint density at radius 2 is 1.74 bits per heavy atom. The smallest absolute Gasteiger partial charge is 0.130 e. The third-order valence-corrected chi connectivity index (χ3v) is 2.91. The number of halogens is 2. The second kappa shape index (κ2) is 8.23. The number of unbranched alkanes of at least 4 members (excludes halogenated alkanes) is 1. The van der Waals surface area contributed by atoms with Crippen molar-refractivity contribution in [3.8, 4) is 0 Å². The summed E-state index contributed by atoms with van der Waals surface area (Å²) in [4.78, 5) is 0. The van der Waals surface area contributed by atoms with E-state index in [0.717, 1.165) is 26.0 Å². The minimum absolute atomic E-state index is 0.112. The topological polar surface area (TPSA) is 21.3 Å². The fourth-order valence-corrected chi connectivity index (χ4v) is 1.89. The number of rotatable bonds is 8. The molecule has 1 aromatic carbocycles. The summed E-state index contributed by atoms with van der Waals surface area (Å²) in [5.41, 5.74) is 0.112. The molecule has 0 heterocycles. The van der Waals surface area contributed by atoms with E-state index in [1.165, 1.54) is 18.2 Å². The van der Waals surface area contributed by atoms with Gasteiger partial charge in [-0.25, -0.2) is 8.78 Å². The Hall–Kier alpha value is -1.00. The summed E-state index contributed by atoms with van der Waals surface area (Å²) in [6.45, 7) is 7.22. The summed E-state index contributed by atoms with van der Waals surface area (Å²) in [6, 6.07) is 3.62. The summed E-state index contributed by atoms with van der Waals surface area (Å²) in [7, 11) is 0. The lowest BCUT2D eigenvalue weighted by molar-refractivity contribution is 0.0759. The molecule has 0 saturated carbocycles. The van der Waals surface area contributed by atoms with E-state index in [-0.39, 0.29) is 17.7 Å². The van der Waals surface area contributed by atoms with E-state index in [9.17, 15) is 8.78 Å². The Kier molecular flexibility index (Phi) is 6.95. The van der Waals surface area contributed by atoms with Gasteiger partial charge < -0.3 is 10.1 Å². The van der Waals surface area contributed by atoms with Gasteiger partial charge in [-0.05, 0) is 52.3 Å². The molecule has 0 amide bonds. The maximum absolute atomic E-state index is 13.5.